The van der Waals surface area contributed by atoms with Gasteiger partial charge in [0.1, 0.15) is 5.82 Å². The van der Waals surface area contributed by atoms with E-state index < -0.39 is 29.0 Å². The van der Waals surface area contributed by atoms with Gasteiger partial charge in [0.2, 0.25) is 17.7 Å². The largest absolute Gasteiger partial charge is 0.395 e. The summed E-state index contributed by atoms with van der Waals surface area (Å²) in [5.41, 5.74) is -1.55. The van der Waals surface area contributed by atoms with Crippen LogP contribution in [0, 0.1) is 5.82 Å². The van der Waals surface area contributed by atoms with Crippen molar-refractivity contribution >= 4 is 17.7 Å². The molecule has 0 radical (unpaired) electrons. The van der Waals surface area contributed by atoms with Gasteiger partial charge in [-0.1, -0.05) is 18.2 Å². The Balaban J connectivity index is 2.45. The van der Waals surface area contributed by atoms with Gasteiger partial charge in [0, 0.05) is 38.6 Å². The van der Waals surface area contributed by atoms with Crippen LogP contribution in [0.5, 0.6) is 0 Å². The van der Waals surface area contributed by atoms with E-state index in [1.165, 1.54) is 30.2 Å². The number of carbonyl (C=O) groups is 3. The molecule has 0 saturated carbocycles. The smallest absolute Gasteiger partial charge is 0.241 e. The van der Waals surface area contributed by atoms with Gasteiger partial charge in [0.05, 0.1) is 25.2 Å². The molecule has 1 N–H and O–H groups in total. The summed E-state index contributed by atoms with van der Waals surface area (Å²) in [7, 11) is 1.45. The molecule has 1 heterocycles. The minimum absolute atomic E-state index is 0.0386. The molecule has 0 spiro atoms. The molecule has 0 aromatic heterocycles. The fourth-order valence-corrected chi connectivity index (χ4v) is 3.45. The minimum Gasteiger partial charge on any atom is -0.395 e. The average molecular weight is 380 g/mol. The Bertz CT molecular complexity index is 711. The average Bonchev–Trinajstić information content (AvgIpc) is 2.88. The number of nitrogens with zero attached hydrogens (tertiary/aromatic N) is 2. The number of likely N-dealkylation sites (N-methyl/N-ethyl adjacent to an activating group) is 1. The summed E-state index contributed by atoms with van der Waals surface area (Å²) in [4.78, 5) is 40.9. The number of hydrogen-bond donors (Lipinski definition) is 1. The van der Waals surface area contributed by atoms with Gasteiger partial charge >= 0.3 is 0 Å². The maximum Gasteiger partial charge on any atom is 0.241 e. The maximum absolute atomic E-state index is 14.6. The molecule has 1 aromatic rings. The number of likely N-dealkylation sites (tertiary alicyclic amines) is 1. The van der Waals surface area contributed by atoms with Crippen molar-refractivity contribution in [2.24, 2.45) is 0 Å². The van der Waals surface area contributed by atoms with Crippen LogP contribution in [-0.2, 0) is 24.5 Å². The molecule has 27 heavy (non-hydrogen) atoms. The Morgan fingerprint density at radius 3 is 2.67 bits per heavy atom. The van der Waals surface area contributed by atoms with Gasteiger partial charge in [0.25, 0.3) is 0 Å². The Hall–Kier alpha value is -2.32. The maximum atomic E-state index is 14.6. The highest BCUT2D eigenvalue weighted by Gasteiger charge is 2.54. The van der Waals surface area contributed by atoms with Crippen LogP contribution in [0.25, 0.3) is 0 Å². The number of amides is 3. The summed E-state index contributed by atoms with van der Waals surface area (Å²) in [6.45, 7) is 2.17. The fourth-order valence-electron chi connectivity index (χ4n) is 3.45. The first-order valence-electron chi connectivity index (χ1n) is 8.88. The van der Waals surface area contributed by atoms with Crippen molar-refractivity contribution in [3.8, 4) is 0 Å². The molecular weight excluding hydrogens is 355 g/mol. The standard InChI is InChI=1S/C19H25FN2O5/c1-3-21(8-10-23)16(24)12-19(14-6-4-5-7-15(14)20)13-17(25)22(18(19)26)9-11-27-2/h4-7,23H,3,8-13H2,1-2H3/t19-/m0/s1. The van der Waals surface area contributed by atoms with Gasteiger partial charge < -0.3 is 14.7 Å². The van der Waals surface area contributed by atoms with Crippen LogP contribution in [0.4, 0.5) is 4.39 Å². The molecule has 3 amide bonds. The summed E-state index contributed by atoms with van der Waals surface area (Å²) in [6, 6.07) is 5.71. The van der Waals surface area contributed by atoms with E-state index in [1.54, 1.807) is 13.0 Å². The monoisotopic (exact) mass is 380 g/mol. The van der Waals surface area contributed by atoms with E-state index in [9.17, 15) is 18.8 Å². The molecule has 7 nitrogen and oxygen atoms in total. The third-order valence-corrected chi connectivity index (χ3v) is 4.87. The number of halogens is 1. The molecule has 1 saturated heterocycles. The van der Waals surface area contributed by atoms with Crippen LogP contribution in [0.1, 0.15) is 25.3 Å². The predicted molar refractivity (Wildman–Crippen MR) is 95.2 cm³/mol. The second-order valence-corrected chi connectivity index (χ2v) is 6.46. The zero-order chi connectivity index (χ0) is 20.0. The molecule has 1 aromatic carbocycles. The van der Waals surface area contributed by atoms with Gasteiger partial charge in [-0.15, -0.1) is 0 Å². The second kappa shape index (κ2) is 9.05. The predicted octanol–water partition coefficient (Wildman–Crippen LogP) is 0.700. The Morgan fingerprint density at radius 1 is 1.37 bits per heavy atom. The number of benzene rings is 1. The number of aliphatic hydroxyl groups excluding tert-OH is 1. The fraction of sp³-hybridized carbons (Fsp3) is 0.526. The number of aliphatic hydroxyl groups is 1. The number of imide groups is 1. The third kappa shape index (κ3) is 4.17. The van der Waals surface area contributed by atoms with Crippen molar-refractivity contribution in [3.63, 3.8) is 0 Å². The van der Waals surface area contributed by atoms with E-state index in [0.29, 0.717) is 6.54 Å². The van der Waals surface area contributed by atoms with Crippen molar-refractivity contribution in [1.82, 2.24) is 9.80 Å². The molecule has 1 atom stereocenters. The summed E-state index contributed by atoms with van der Waals surface area (Å²) < 4.78 is 19.5. The molecule has 0 bridgehead atoms. The van der Waals surface area contributed by atoms with Crippen molar-refractivity contribution in [1.29, 1.82) is 0 Å². The summed E-state index contributed by atoms with van der Waals surface area (Å²) in [5.74, 6) is -2.10. The van der Waals surface area contributed by atoms with E-state index >= 15 is 0 Å². The molecule has 1 aliphatic heterocycles. The van der Waals surface area contributed by atoms with E-state index in [1.807, 2.05) is 0 Å². The quantitative estimate of drug-likeness (QED) is 0.638. The van der Waals surface area contributed by atoms with E-state index in [0.717, 1.165) is 4.90 Å². The van der Waals surface area contributed by atoms with Crippen LogP contribution in [0.15, 0.2) is 24.3 Å². The van der Waals surface area contributed by atoms with Gasteiger partial charge in [-0.05, 0) is 13.0 Å². The molecule has 2 rings (SSSR count). The molecule has 148 valence electrons. The van der Waals surface area contributed by atoms with Gasteiger partial charge in [0.15, 0.2) is 0 Å². The lowest BCUT2D eigenvalue weighted by Crippen LogP contribution is -2.45. The summed E-state index contributed by atoms with van der Waals surface area (Å²) >= 11 is 0. The van der Waals surface area contributed by atoms with E-state index in [2.05, 4.69) is 0 Å². The Labute approximate surface area is 157 Å². The first-order valence-corrected chi connectivity index (χ1v) is 8.88. The SMILES string of the molecule is CCN(CCO)C(=O)C[C@@]1(c2ccccc2F)CC(=O)N(CCOC)C1=O. The number of rotatable bonds is 9. The number of carbonyl (C=O) groups excluding carboxylic acids is 3. The van der Waals surface area contributed by atoms with E-state index in [-0.39, 0.29) is 44.7 Å². The number of hydrogen-bond acceptors (Lipinski definition) is 5. The summed E-state index contributed by atoms with van der Waals surface area (Å²) in [5, 5.41) is 9.14. The van der Waals surface area contributed by atoms with E-state index in [4.69, 9.17) is 9.84 Å². The van der Waals surface area contributed by atoms with Crippen LogP contribution < -0.4 is 0 Å². The normalized spacial score (nSPS) is 19.6. The lowest BCUT2D eigenvalue weighted by atomic mass is 9.75. The lowest BCUT2D eigenvalue weighted by molar-refractivity contribution is -0.143. The molecule has 0 unspecified atom stereocenters. The van der Waals surface area contributed by atoms with Gasteiger partial charge in [-0.3, -0.25) is 19.3 Å². The molecule has 1 aliphatic rings. The summed E-state index contributed by atoms with van der Waals surface area (Å²) in [6.07, 6.45) is -0.616. The van der Waals surface area contributed by atoms with Crippen LogP contribution in [0.3, 0.4) is 0 Å². The highest BCUT2D eigenvalue weighted by molar-refractivity contribution is 6.10. The Kier molecular flexibility index (Phi) is 7.04. The highest BCUT2D eigenvalue weighted by atomic mass is 19.1. The number of methoxy groups -OCH3 is 1. The zero-order valence-electron chi connectivity index (χ0n) is 15.6. The first kappa shape index (κ1) is 21.0. The van der Waals surface area contributed by atoms with Gasteiger partial charge in [-0.25, -0.2) is 4.39 Å². The van der Waals surface area contributed by atoms with Crippen molar-refractivity contribution in [2.75, 3.05) is 40.0 Å². The minimum atomic E-state index is -1.59. The van der Waals surface area contributed by atoms with Crippen LogP contribution >= 0.6 is 0 Å². The molecular formula is C19H25FN2O5. The second-order valence-electron chi connectivity index (χ2n) is 6.46. The van der Waals surface area contributed by atoms with Gasteiger partial charge in [-0.2, -0.15) is 0 Å². The molecule has 8 heteroatoms. The molecule has 0 aliphatic carbocycles. The van der Waals surface area contributed by atoms with Crippen molar-refractivity contribution in [3.05, 3.63) is 35.6 Å². The van der Waals surface area contributed by atoms with Crippen molar-refractivity contribution in [2.45, 2.75) is 25.2 Å². The topological polar surface area (TPSA) is 87.2 Å². The van der Waals surface area contributed by atoms with Crippen LogP contribution in [-0.4, -0.2) is 72.6 Å². The zero-order valence-corrected chi connectivity index (χ0v) is 15.6. The Morgan fingerprint density at radius 2 is 2.07 bits per heavy atom. The first-order chi connectivity index (χ1) is 12.9. The molecule has 1 fully saturated rings. The lowest BCUT2D eigenvalue weighted by Gasteiger charge is -2.30. The highest BCUT2D eigenvalue weighted by Crippen LogP contribution is 2.41. The van der Waals surface area contributed by atoms with Crippen molar-refractivity contribution < 1.29 is 28.6 Å². The number of ether oxygens (including phenoxy) is 1. The van der Waals surface area contributed by atoms with Crippen LogP contribution in [0.2, 0.25) is 0 Å². The third-order valence-electron chi connectivity index (χ3n) is 4.87.